The third-order valence-electron chi connectivity index (χ3n) is 5.02. The molecule has 1 aromatic heterocycles. The van der Waals surface area contributed by atoms with Crippen LogP contribution in [-0.4, -0.2) is 11.5 Å². The molecule has 1 heterocycles. The maximum atomic E-state index is 3.40. The summed E-state index contributed by atoms with van der Waals surface area (Å²) < 4.78 is 0. The number of nitrogens with one attached hydrogen (secondary N) is 1. The second kappa shape index (κ2) is 7.49. The van der Waals surface area contributed by atoms with Crippen molar-refractivity contribution >= 4 is 16.6 Å². The predicted molar refractivity (Wildman–Crippen MR) is 111 cm³/mol. The monoisotopic (exact) mass is 340 g/mol. The summed E-state index contributed by atoms with van der Waals surface area (Å²) in [6.07, 6.45) is 2.15. The molecule has 26 heavy (non-hydrogen) atoms. The van der Waals surface area contributed by atoms with Crippen LogP contribution in [0.5, 0.6) is 0 Å². The Bertz CT molecular complexity index is 957. The van der Waals surface area contributed by atoms with E-state index < -0.39 is 0 Å². The number of hydrogen-bond acceptors (Lipinski definition) is 1. The molecule has 0 amide bonds. The van der Waals surface area contributed by atoms with E-state index in [1.807, 2.05) is 0 Å². The van der Waals surface area contributed by atoms with Gasteiger partial charge in [-0.05, 0) is 35.2 Å². The molecule has 0 radical (unpaired) electrons. The average Bonchev–Trinajstić information content (AvgIpc) is 3.12. The lowest BCUT2D eigenvalue weighted by atomic mass is 10.00. The Morgan fingerprint density at radius 1 is 0.808 bits per heavy atom. The number of nitrogens with zero attached hydrogens (tertiary/aromatic N) is 1. The summed E-state index contributed by atoms with van der Waals surface area (Å²) in [6, 6.07) is 30.0. The second-order valence-corrected chi connectivity index (χ2v) is 6.89. The van der Waals surface area contributed by atoms with Crippen LogP contribution >= 0.6 is 0 Å². The Labute approximate surface area is 155 Å². The summed E-state index contributed by atoms with van der Waals surface area (Å²) in [6.45, 7) is 4.18. The van der Waals surface area contributed by atoms with E-state index in [9.17, 15) is 0 Å². The highest BCUT2D eigenvalue weighted by atomic mass is 15.1. The topological polar surface area (TPSA) is 19.0 Å². The Balaban J connectivity index is 1.63. The first-order valence-corrected chi connectivity index (χ1v) is 9.21. The zero-order valence-corrected chi connectivity index (χ0v) is 15.1. The van der Waals surface area contributed by atoms with Gasteiger partial charge < -0.3 is 9.88 Å². The highest BCUT2D eigenvalue weighted by molar-refractivity contribution is 5.83. The Kier molecular flexibility index (Phi) is 4.74. The molecule has 1 atom stereocenters. The van der Waals surface area contributed by atoms with Gasteiger partial charge in [0, 0.05) is 35.9 Å². The minimum Gasteiger partial charge on any atom is -0.367 e. The molecular formula is C24H24N2. The van der Waals surface area contributed by atoms with Gasteiger partial charge in [-0.1, -0.05) is 73.7 Å². The lowest BCUT2D eigenvalue weighted by Crippen LogP contribution is -2.27. The largest absolute Gasteiger partial charge is 0.367 e. The van der Waals surface area contributed by atoms with Crippen LogP contribution in [0.15, 0.2) is 91.1 Å². The van der Waals surface area contributed by atoms with Gasteiger partial charge in [-0.2, -0.15) is 0 Å². The van der Waals surface area contributed by atoms with E-state index in [4.69, 9.17) is 0 Å². The van der Waals surface area contributed by atoms with Crippen molar-refractivity contribution < 1.29 is 0 Å². The normalized spacial score (nSPS) is 12.2. The van der Waals surface area contributed by atoms with E-state index in [0.29, 0.717) is 5.92 Å². The molecule has 130 valence electrons. The first-order valence-electron chi connectivity index (χ1n) is 9.21. The third kappa shape index (κ3) is 3.50. The van der Waals surface area contributed by atoms with Gasteiger partial charge in [0.25, 0.3) is 0 Å². The molecule has 0 spiro atoms. The highest BCUT2D eigenvalue weighted by Crippen LogP contribution is 2.26. The summed E-state index contributed by atoms with van der Waals surface area (Å²) in [5, 5.41) is 1.31. The molecule has 4 rings (SSSR count). The zero-order valence-electron chi connectivity index (χ0n) is 15.1. The maximum absolute atomic E-state index is 3.40. The van der Waals surface area contributed by atoms with Crippen LogP contribution in [0.2, 0.25) is 0 Å². The fourth-order valence-corrected chi connectivity index (χ4v) is 3.59. The van der Waals surface area contributed by atoms with Crippen molar-refractivity contribution in [3.63, 3.8) is 0 Å². The lowest BCUT2D eigenvalue weighted by Gasteiger charge is -2.28. The zero-order chi connectivity index (χ0) is 17.8. The number of aromatic amines is 1. The van der Waals surface area contributed by atoms with Gasteiger partial charge >= 0.3 is 0 Å². The average molecular weight is 340 g/mol. The van der Waals surface area contributed by atoms with Crippen molar-refractivity contribution in [2.75, 3.05) is 11.4 Å². The van der Waals surface area contributed by atoms with Crippen LogP contribution < -0.4 is 4.90 Å². The van der Waals surface area contributed by atoms with Crippen molar-refractivity contribution in [3.05, 3.63) is 102 Å². The van der Waals surface area contributed by atoms with Gasteiger partial charge in [0.05, 0.1) is 0 Å². The molecule has 0 aliphatic carbocycles. The van der Waals surface area contributed by atoms with Crippen LogP contribution in [0.25, 0.3) is 10.9 Å². The first-order chi connectivity index (χ1) is 12.8. The molecule has 0 saturated heterocycles. The fraction of sp³-hybridized carbons (Fsp3) is 0.167. The Morgan fingerprint density at radius 3 is 2.23 bits per heavy atom. The molecule has 1 N–H and O–H groups in total. The molecule has 0 fully saturated rings. The quantitative estimate of drug-likeness (QED) is 0.457. The second-order valence-electron chi connectivity index (χ2n) is 6.89. The van der Waals surface area contributed by atoms with Crippen molar-refractivity contribution in [1.82, 2.24) is 4.98 Å². The molecule has 0 saturated carbocycles. The van der Waals surface area contributed by atoms with Crippen molar-refractivity contribution in [2.24, 2.45) is 0 Å². The van der Waals surface area contributed by atoms with Gasteiger partial charge in [-0.3, -0.25) is 0 Å². The molecule has 2 heteroatoms. The fourth-order valence-electron chi connectivity index (χ4n) is 3.59. The number of aromatic nitrogens is 1. The number of fused-ring (bicyclic) bond motifs is 1. The number of rotatable bonds is 6. The van der Waals surface area contributed by atoms with Crippen LogP contribution in [-0.2, 0) is 6.54 Å². The summed E-state index contributed by atoms with van der Waals surface area (Å²) in [5.41, 5.74) is 5.18. The molecular weight excluding hydrogens is 316 g/mol. The molecule has 3 aromatic carbocycles. The molecule has 2 nitrogen and oxygen atoms in total. The smallest absolute Gasteiger partial charge is 0.0457 e. The van der Waals surface area contributed by atoms with Crippen molar-refractivity contribution in [2.45, 2.75) is 19.4 Å². The summed E-state index contributed by atoms with van der Waals surface area (Å²) in [5.74, 6) is 0.460. The van der Waals surface area contributed by atoms with Crippen LogP contribution in [0.3, 0.4) is 0 Å². The van der Waals surface area contributed by atoms with E-state index in [2.05, 4.69) is 108 Å². The summed E-state index contributed by atoms with van der Waals surface area (Å²) in [4.78, 5) is 5.88. The van der Waals surface area contributed by atoms with Gasteiger partial charge in [0.1, 0.15) is 0 Å². The maximum Gasteiger partial charge on any atom is 0.0457 e. The minimum atomic E-state index is 0.460. The van der Waals surface area contributed by atoms with Gasteiger partial charge in [0.15, 0.2) is 0 Å². The van der Waals surface area contributed by atoms with E-state index in [1.54, 1.807) is 0 Å². The van der Waals surface area contributed by atoms with E-state index in [1.165, 1.54) is 27.7 Å². The van der Waals surface area contributed by atoms with Gasteiger partial charge in [-0.15, -0.1) is 0 Å². The number of benzene rings is 3. The number of anilines is 1. The summed E-state index contributed by atoms with van der Waals surface area (Å²) in [7, 11) is 0. The standard InChI is InChI=1S/C24H24N2/c1-19(20-10-4-2-5-11-20)17-26(22-12-6-3-7-13-22)18-21-16-25-24-15-9-8-14-23(21)24/h2-16,19,25H,17-18H2,1H3. The Morgan fingerprint density at radius 2 is 1.46 bits per heavy atom. The number of hydrogen-bond donors (Lipinski definition) is 1. The van der Waals surface area contributed by atoms with Gasteiger partial charge in [-0.25, -0.2) is 0 Å². The molecule has 0 aliphatic rings. The number of H-pyrrole nitrogens is 1. The SMILES string of the molecule is CC(CN(Cc1c[nH]c2ccccc12)c1ccccc1)c1ccccc1. The van der Waals surface area contributed by atoms with Crippen LogP contribution in [0.1, 0.15) is 24.0 Å². The van der Waals surface area contributed by atoms with Crippen LogP contribution in [0, 0.1) is 0 Å². The molecule has 0 bridgehead atoms. The van der Waals surface area contributed by atoms with E-state index >= 15 is 0 Å². The first kappa shape index (κ1) is 16.5. The lowest BCUT2D eigenvalue weighted by molar-refractivity contribution is 0.688. The third-order valence-corrected chi connectivity index (χ3v) is 5.02. The minimum absolute atomic E-state index is 0.460. The van der Waals surface area contributed by atoms with Gasteiger partial charge in [0.2, 0.25) is 0 Å². The van der Waals surface area contributed by atoms with Crippen molar-refractivity contribution in [1.29, 1.82) is 0 Å². The Hall–Kier alpha value is -3.00. The van der Waals surface area contributed by atoms with E-state index in [-0.39, 0.29) is 0 Å². The molecule has 0 aliphatic heterocycles. The molecule has 1 unspecified atom stereocenters. The highest BCUT2D eigenvalue weighted by Gasteiger charge is 2.15. The summed E-state index contributed by atoms with van der Waals surface area (Å²) >= 11 is 0. The molecule has 4 aromatic rings. The predicted octanol–water partition coefficient (Wildman–Crippen LogP) is 5.98. The van der Waals surface area contributed by atoms with E-state index in [0.717, 1.165) is 13.1 Å². The van der Waals surface area contributed by atoms with Crippen molar-refractivity contribution in [3.8, 4) is 0 Å². The number of para-hydroxylation sites is 2. The van der Waals surface area contributed by atoms with Crippen LogP contribution in [0.4, 0.5) is 5.69 Å².